The number of carbonyl (C=O) groups is 2. The SMILES string of the molecule is CC(=O)Nc1ccc(O)c(C(=O)CC(C)C)c1. The Morgan fingerprint density at radius 2 is 2.00 bits per heavy atom. The molecule has 92 valence electrons. The third kappa shape index (κ3) is 3.90. The molecule has 0 aromatic heterocycles. The van der Waals surface area contributed by atoms with Crippen molar-refractivity contribution < 1.29 is 14.7 Å². The summed E-state index contributed by atoms with van der Waals surface area (Å²) in [5, 5.41) is 12.2. The molecule has 0 saturated heterocycles. The zero-order valence-corrected chi connectivity index (χ0v) is 10.3. The van der Waals surface area contributed by atoms with Crippen LogP contribution in [0.1, 0.15) is 37.6 Å². The summed E-state index contributed by atoms with van der Waals surface area (Å²) >= 11 is 0. The number of anilines is 1. The van der Waals surface area contributed by atoms with Crippen molar-refractivity contribution in [1.82, 2.24) is 0 Å². The van der Waals surface area contributed by atoms with Gasteiger partial charge in [-0.3, -0.25) is 9.59 Å². The summed E-state index contributed by atoms with van der Waals surface area (Å²) in [7, 11) is 0. The number of benzene rings is 1. The highest BCUT2D eigenvalue weighted by Gasteiger charge is 2.13. The van der Waals surface area contributed by atoms with Gasteiger partial charge in [-0.25, -0.2) is 0 Å². The van der Waals surface area contributed by atoms with Crippen molar-refractivity contribution in [2.75, 3.05) is 5.32 Å². The molecule has 0 aliphatic carbocycles. The maximum atomic E-state index is 11.8. The number of carbonyl (C=O) groups excluding carboxylic acids is 2. The van der Waals surface area contributed by atoms with Crippen molar-refractivity contribution in [2.24, 2.45) is 5.92 Å². The molecule has 2 N–H and O–H groups in total. The Bertz CT molecular complexity index is 438. The van der Waals surface area contributed by atoms with Crippen LogP contribution >= 0.6 is 0 Å². The number of rotatable bonds is 4. The lowest BCUT2D eigenvalue weighted by Crippen LogP contribution is -2.08. The van der Waals surface area contributed by atoms with Crippen molar-refractivity contribution >= 4 is 17.4 Å². The lowest BCUT2D eigenvalue weighted by molar-refractivity contribution is -0.114. The molecule has 1 aromatic carbocycles. The predicted molar refractivity (Wildman–Crippen MR) is 66.2 cm³/mol. The number of aromatic hydroxyl groups is 1. The summed E-state index contributed by atoms with van der Waals surface area (Å²) in [4.78, 5) is 22.7. The second kappa shape index (κ2) is 5.48. The van der Waals surface area contributed by atoms with Gasteiger partial charge in [0.2, 0.25) is 5.91 Å². The van der Waals surface area contributed by atoms with Gasteiger partial charge in [0.25, 0.3) is 0 Å². The Balaban J connectivity index is 2.97. The van der Waals surface area contributed by atoms with Crippen LogP contribution in [0.4, 0.5) is 5.69 Å². The monoisotopic (exact) mass is 235 g/mol. The minimum atomic E-state index is -0.210. The van der Waals surface area contributed by atoms with Crippen molar-refractivity contribution in [3.8, 4) is 5.75 Å². The Hall–Kier alpha value is -1.84. The van der Waals surface area contributed by atoms with Gasteiger partial charge in [0.15, 0.2) is 5.78 Å². The zero-order valence-electron chi connectivity index (χ0n) is 10.3. The highest BCUT2D eigenvalue weighted by atomic mass is 16.3. The topological polar surface area (TPSA) is 66.4 Å². The molecule has 4 nitrogen and oxygen atoms in total. The van der Waals surface area contributed by atoms with E-state index in [0.29, 0.717) is 12.1 Å². The normalized spacial score (nSPS) is 10.4. The molecule has 1 aromatic rings. The molecule has 0 aliphatic heterocycles. The molecule has 0 radical (unpaired) electrons. The second-order valence-corrected chi connectivity index (χ2v) is 4.43. The molecule has 0 spiro atoms. The van der Waals surface area contributed by atoms with Crippen LogP contribution in [-0.2, 0) is 4.79 Å². The van der Waals surface area contributed by atoms with Crippen molar-refractivity contribution in [3.63, 3.8) is 0 Å². The largest absolute Gasteiger partial charge is 0.507 e. The summed E-state index contributed by atoms with van der Waals surface area (Å²) in [5.41, 5.74) is 0.771. The lowest BCUT2D eigenvalue weighted by Gasteiger charge is -2.08. The van der Waals surface area contributed by atoms with Crippen molar-refractivity contribution in [3.05, 3.63) is 23.8 Å². The van der Waals surface area contributed by atoms with Crippen LogP contribution in [0.5, 0.6) is 5.75 Å². The second-order valence-electron chi connectivity index (χ2n) is 4.43. The molecule has 0 atom stereocenters. The Labute approximate surface area is 101 Å². The average Bonchev–Trinajstić information content (AvgIpc) is 2.19. The minimum Gasteiger partial charge on any atom is -0.507 e. The van der Waals surface area contributed by atoms with E-state index in [1.165, 1.54) is 19.1 Å². The van der Waals surface area contributed by atoms with Gasteiger partial charge < -0.3 is 10.4 Å². The van der Waals surface area contributed by atoms with Crippen LogP contribution in [-0.4, -0.2) is 16.8 Å². The molecule has 0 saturated carbocycles. The maximum Gasteiger partial charge on any atom is 0.221 e. The van der Waals surface area contributed by atoms with E-state index in [0.717, 1.165) is 0 Å². The van der Waals surface area contributed by atoms with Gasteiger partial charge in [0.05, 0.1) is 5.56 Å². The van der Waals surface area contributed by atoms with Gasteiger partial charge in [-0.15, -0.1) is 0 Å². The molecule has 0 unspecified atom stereocenters. The van der Waals surface area contributed by atoms with E-state index < -0.39 is 0 Å². The number of hydrogen-bond acceptors (Lipinski definition) is 3. The first-order valence-electron chi connectivity index (χ1n) is 5.54. The van der Waals surface area contributed by atoms with Crippen LogP contribution in [0.15, 0.2) is 18.2 Å². The van der Waals surface area contributed by atoms with E-state index in [1.54, 1.807) is 6.07 Å². The number of amides is 1. The van der Waals surface area contributed by atoms with Gasteiger partial charge in [-0.2, -0.15) is 0 Å². The summed E-state index contributed by atoms with van der Waals surface area (Å²) in [6.07, 6.45) is 0.372. The highest BCUT2D eigenvalue weighted by Crippen LogP contribution is 2.24. The Morgan fingerprint density at radius 1 is 1.35 bits per heavy atom. The van der Waals surface area contributed by atoms with Gasteiger partial charge >= 0.3 is 0 Å². The summed E-state index contributed by atoms with van der Waals surface area (Å²) in [6.45, 7) is 5.27. The number of nitrogens with one attached hydrogen (secondary N) is 1. The molecule has 0 bridgehead atoms. The molecule has 1 rings (SSSR count). The van der Waals surface area contributed by atoms with E-state index in [4.69, 9.17) is 0 Å². The summed E-state index contributed by atoms with van der Waals surface area (Å²) < 4.78 is 0. The number of phenols is 1. The first kappa shape index (κ1) is 13.2. The van der Waals surface area contributed by atoms with E-state index in [-0.39, 0.29) is 28.9 Å². The summed E-state index contributed by atoms with van der Waals surface area (Å²) in [5.74, 6) is -0.154. The first-order chi connectivity index (χ1) is 7.90. The fourth-order valence-electron chi connectivity index (χ4n) is 1.52. The number of ketones is 1. The first-order valence-corrected chi connectivity index (χ1v) is 5.54. The fourth-order valence-corrected chi connectivity index (χ4v) is 1.52. The zero-order chi connectivity index (χ0) is 13.0. The molecule has 0 aliphatic rings. The van der Waals surface area contributed by atoms with Crippen molar-refractivity contribution in [2.45, 2.75) is 27.2 Å². The number of hydrogen-bond donors (Lipinski definition) is 2. The van der Waals surface area contributed by atoms with E-state index in [2.05, 4.69) is 5.32 Å². The van der Waals surface area contributed by atoms with E-state index >= 15 is 0 Å². The van der Waals surface area contributed by atoms with Gasteiger partial charge in [-0.05, 0) is 24.1 Å². The number of phenolic OH excluding ortho intramolecular Hbond substituents is 1. The third-order valence-electron chi connectivity index (χ3n) is 2.21. The van der Waals surface area contributed by atoms with Gasteiger partial charge in [0.1, 0.15) is 5.75 Å². The van der Waals surface area contributed by atoms with Crippen molar-refractivity contribution in [1.29, 1.82) is 0 Å². The maximum absolute atomic E-state index is 11.8. The summed E-state index contributed by atoms with van der Waals surface area (Å²) in [6, 6.07) is 4.48. The van der Waals surface area contributed by atoms with Crippen LogP contribution in [0, 0.1) is 5.92 Å². The van der Waals surface area contributed by atoms with Crippen LogP contribution in [0.2, 0.25) is 0 Å². The average molecular weight is 235 g/mol. The number of Topliss-reactive ketones (excluding diaryl/α,β-unsaturated/α-hetero) is 1. The predicted octanol–water partition coefficient (Wildman–Crippen LogP) is 2.58. The molecule has 0 fully saturated rings. The Morgan fingerprint density at radius 3 is 2.53 bits per heavy atom. The van der Waals surface area contributed by atoms with Gasteiger partial charge in [0, 0.05) is 19.0 Å². The third-order valence-corrected chi connectivity index (χ3v) is 2.21. The highest BCUT2D eigenvalue weighted by molar-refractivity contribution is 6.00. The van der Waals surface area contributed by atoms with Crippen LogP contribution in [0.25, 0.3) is 0 Å². The smallest absolute Gasteiger partial charge is 0.221 e. The van der Waals surface area contributed by atoms with E-state index in [9.17, 15) is 14.7 Å². The molecular weight excluding hydrogens is 218 g/mol. The molecular formula is C13H17NO3. The molecule has 1 amide bonds. The lowest BCUT2D eigenvalue weighted by atomic mass is 10.00. The minimum absolute atomic E-state index is 0.0512. The molecule has 4 heteroatoms. The molecule has 17 heavy (non-hydrogen) atoms. The quantitative estimate of drug-likeness (QED) is 0.622. The van der Waals surface area contributed by atoms with Crippen LogP contribution < -0.4 is 5.32 Å². The van der Waals surface area contributed by atoms with Gasteiger partial charge in [-0.1, -0.05) is 13.8 Å². The standard InChI is InChI=1S/C13H17NO3/c1-8(2)6-13(17)11-7-10(14-9(3)15)4-5-12(11)16/h4-5,7-8,16H,6H2,1-3H3,(H,14,15). The van der Waals surface area contributed by atoms with Crippen LogP contribution in [0.3, 0.4) is 0 Å². The van der Waals surface area contributed by atoms with E-state index in [1.807, 2.05) is 13.8 Å². The Kier molecular flexibility index (Phi) is 4.26. The molecule has 0 heterocycles. The fraction of sp³-hybridized carbons (Fsp3) is 0.385.